The summed E-state index contributed by atoms with van der Waals surface area (Å²) in [6, 6.07) is 13.4. The second-order valence-corrected chi connectivity index (χ2v) is 6.98. The van der Waals surface area contributed by atoms with Crippen LogP contribution in [0.25, 0.3) is 11.3 Å². The van der Waals surface area contributed by atoms with Crippen LogP contribution in [0.1, 0.15) is 47.4 Å². The van der Waals surface area contributed by atoms with E-state index < -0.39 is 11.6 Å². The number of fused-ring (bicyclic) bond motifs is 1. The lowest BCUT2D eigenvalue weighted by Gasteiger charge is -2.26. The van der Waals surface area contributed by atoms with E-state index in [9.17, 15) is 13.6 Å². The Hall–Kier alpha value is -3.02. The molecule has 1 atom stereocenters. The predicted octanol–water partition coefficient (Wildman–Crippen LogP) is 4.66. The number of rotatable bonds is 4. The average molecular weight is 381 g/mol. The third-order valence-corrected chi connectivity index (χ3v) is 5.20. The smallest absolute Gasteiger partial charge is 0.272 e. The van der Waals surface area contributed by atoms with E-state index in [2.05, 4.69) is 22.5 Å². The molecule has 0 radical (unpaired) electrons. The van der Waals surface area contributed by atoms with Gasteiger partial charge < -0.3 is 5.32 Å². The number of nitrogens with one attached hydrogen (secondary N) is 1. The Morgan fingerprint density at radius 3 is 2.79 bits per heavy atom. The van der Waals surface area contributed by atoms with Gasteiger partial charge in [-0.2, -0.15) is 5.10 Å². The molecular formula is C22H21F2N3O. The second-order valence-electron chi connectivity index (χ2n) is 6.98. The van der Waals surface area contributed by atoms with Crippen LogP contribution in [0.3, 0.4) is 0 Å². The molecule has 1 aromatic heterocycles. The van der Waals surface area contributed by atoms with Gasteiger partial charge in [0.05, 0.1) is 11.7 Å². The molecule has 0 unspecified atom stereocenters. The van der Waals surface area contributed by atoms with Crippen LogP contribution in [0, 0.1) is 11.6 Å². The van der Waals surface area contributed by atoms with Crippen LogP contribution >= 0.6 is 0 Å². The van der Waals surface area contributed by atoms with Crippen molar-refractivity contribution in [2.24, 2.45) is 0 Å². The van der Waals surface area contributed by atoms with Crippen LogP contribution < -0.4 is 5.32 Å². The SMILES string of the molecule is CCn1nc(C(=O)N[C@H]2CCCc3ccccc32)cc1-c1ccc(F)c(F)c1. The van der Waals surface area contributed by atoms with E-state index in [4.69, 9.17) is 0 Å². The number of hydrogen-bond acceptors (Lipinski definition) is 2. The fourth-order valence-electron chi connectivity index (χ4n) is 3.79. The zero-order valence-electron chi connectivity index (χ0n) is 15.6. The predicted molar refractivity (Wildman–Crippen MR) is 103 cm³/mol. The van der Waals surface area contributed by atoms with Crippen molar-refractivity contribution in [1.29, 1.82) is 0 Å². The zero-order chi connectivity index (χ0) is 19.7. The van der Waals surface area contributed by atoms with E-state index in [0.29, 0.717) is 17.8 Å². The van der Waals surface area contributed by atoms with Gasteiger partial charge in [-0.3, -0.25) is 9.48 Å². The van der Waals surface area contributed by atoms with Gasteiger partial charge in [0.1, 0.15) is 0 Å². The van der Waals surface area contributed by atoms with Crippen LogP contribution in [0.2, 0.25) is 0 Å². The van der Waals surface area contributed by atoms with Crippen molar-refractivity contribution in [2.75, 3.05) is 0 Å². The molecule has 0 aliphatic heterocycles. The van der Waals surface area contributed by atoms with Crippen molar-refractivity contribution in [3.63, 3.8) is 0 Å². The highest BCUT2D eigenvalue weighted by molar-refractivity contribution is 5.93. The number of carbonyl (C=O) groups is 1. The molecule has 2 aromatic carbocycles. The van der Waals surface area contributed by atoms with Crippen molar-refractivity contribution in [2.45, 2.75) is 38.8 Å². The summed E-state index contributed by atoms with van der Waals surface area (Å²) in [5.41, 5.74) is 3.74. The Bertz CT molecular complexity index is 1030. The molecule has 1 amide bonds. The van der Waals surface area contributed by atoms with Crippen LogP contribution in [0.4, 0.5) is 8.78 Å². The lowest BCUT2D eigenvalue weighted by atomic mass is 9.87. The molecule has 3 aromatic rings. The van der Waals surface area contributed by atoms with E-state index in [0.717, 1.165) is 37.0 Å². The molecule has 1 heterocycles. The number of amides is 1. The van der Waals surface area contributed by atoms with Crippen molar-refractivity contribution in [3.05, 3.63) is 77.0 Å². The van der Waals surface area contributed by atoms with Crippen molar-refractivity contribution in [3.8, 4) is 11.3 Å². The highest BCUT2D eigenvalue weighted by Gasteiger charge is 2.24. The first-order valence-electron chi connectivity index (χ1n) is 9.48. The normalized spacial score (nSPS) is 15.9. The molecule has 0 fully saturated rings. The van der Waals surface area contributed by atoms with Crippen LogP contribution in [0.15, 0.2) is 48.5 Å². The number of benzene rings is 2. The summed E-state index contributed by atoms with van der Waals surface area (Å²) in [7, 11) is 0. The summed E-state index contributed by atoms with van der Waals surface area (Å²) in [6.07, 6.45) is 2.92. The minimum absolute atomic E-state index is 0.0454. The standard InChI is InChI=1S/C22H21F2N3O/c1-2-27-21(15-10-11-17(23)18(24)12-15)13-20(26-27)22(28)25-19-9-5-7-14-6-3-4-8-16(14)19/h3-4,6,8,10-13,19H,2,5,7,9H2,1H3,(H,25,28)/t19-/m0/s1. The van der Waals surface area contributed by atoms with Gasteiger partial charge in [0.15, 0.2) is 17.3 Å². The summed E-state index contributed by atoms with van der Waals surface area (Å²) in [5.74, 6) is -2.09. The van der Waals surface area contributed by atoms with Gasteiger partial charge in [0, 0.05) is 12.1 Å². The van der Waals surface area contributed by atoms with Crippen LogP contribution in [-0.2, 0) is 13.0 Å². The van der Waals surface area contributed by atoms with Crippen LogP contribution in [-0.4, -0.2) is 15.7 Å². The molecular weight excluding hydrogens is 360 g/mol. The molecule has 6 heteroatoms. The highest BCUT2D eigenvalue weighted by Crippen LogP contribution is 2.30. The fourth-order valence-corrected chi connectivity index (χ4v) is 3.79. The molecule has 0 spiro atoms. The maximum atomic E-state index is 13.6. The third kappa shape index (κ3) is 3.42. The first-order chi connectivity index (χ1) is 13.6. The number of halogens is 2. The topological polar surface area (TPSA) is 46.9 Å². The summed E-state index contributed by atoms with van der Waals surface area (Å²) < 4.78 is 28.5. The number of aryl methyl sites for hydroxylation is 2. The lowest BCUT2D eigenvalue weighted by Crippen LogP contribution is -2.31. The number of hydrogen-bond donors (Lipinski definition) is 1. The summed E-state index contributed by atoms with van der Waals surface area (Å²) in [5, 5.41) is 7.45. The third-order valence-electron chi connectivity index (χ3n) is 5.20. The summed E-state index contributed by atoms with van der Waals surface area (Å²) in [6.45, 7) is 2.39. The maximum absolute atomic E-state index is 13.6. The molecule has 0 saturated heterocycles. The van der Waals surface area contributed by atoms with Gasteiger partial charge in [-0.15, -0.1) is 0 Å². The molecule has 1 aliphatic rings. The molecule has 0 saturated carbocycles. The minimum Gasteiger partial charge on any atom is -0.344 e. The van der Waals surface area contributed by atoms with E-state index in [1.54, 1.807) is 10.7 Å². The average Bonchev–Trinajstić information content (AvgIpc) is 3.15. The maximum Gasteiger partial charge on any atom is 0.272 e. The number of carbonyl (C=O) groups excluding carboxylic acids is 1. The van der Waals surface area contributed by atoms with Gasteiger partial charge in [-0.25, -0.2) is 8.78 Å². The van der Waals surface area contributed by atoms with E-state index in [1.165, 1.54) is 11.6 Å². The highest BCUT2D eigenvalue weighted by atomic mass is 19.2. The lowest BCUT2D eigenvalue weighted by molar-refractivity contribution is 0.0927. The molecule has 144 valence electrons. The number of nitrogens with zero attached hydrogens (tertiary/aromatic N) is 2. The Balaban J connectivity index is 1.61. The van der Waals surface area contributed by atoms with Gasteiger partial charge in [0.25, 0.3) is 5.91 Å². The van der Waals surface area contributed by atoms with Gasteiger partial charge in [-0.05, 0) is 61.6 Å². The summed E-state index contributed by atoms with van der Waals surface area (Å²) >= 11 is 0. The Morgan fingerprint density at radius 1 is 1.18 bits per heavy atom. The fraction of sp³-hybridized carbons (Fsp3) is 0.273. The van der Waals surface area contributed by atoms with Crippen molar-refractivity contribution in [1.82, 2.24) is 15.1 Å². The van der Waals surface area contributed by atoms with Crippen molar-refractivity contribution >= 4 is 5.91 Å². The second kappa shape index (κ2) is 7.54. The Labute approximate surface area is 162 Å². The van der Waals surface area contributed by atoms with Gasteiger partial charge in [-0.1, -0.05) is 24.3 Å². The van der Waals surface area contributed by atoms with Gasteiger partial charge in [0.2, 0.25) is 0 Å². The molecule has 4 nitrogen and oxygen atoms in total. The first-order valence-corrected chi connectivity index (χ1v) is 9.48. The summed E-state index contributed by atoms with van der Waals surface area (Å²) in [4.78, 5) is 12.8. The number of aromatic nitrogens is 2. The van der Waals surface area contributed by atoms with E-state index in [-0.39, 0.29) is 17.6 Å². The monoisotopic (exact) mass is 381 g/mol. The van der Waals surface area contributed by atoms with Crippen LogP contribution in [0.5, 0.6) is 0 Å². The van der Waals surface area contributed by atoms with Crippen molar-refractivity contribution < 1.29 is 13.6 Å². The Morgan fingerprint density at radius 2 is 2.00 bits per heavy atom. The minimum atomic E-state index is -0.925. The molecule has 0 bridgehead atoms. The molecule has 1 aliphatic carbocycles. The quantitative estimate of drug-likeness (QED) is 0.715. The van der Waals surface area contributed by atoms with Gasteiger partial charge >= 0.3 is 0 Å². The zero-order valence-corrected chi connectivity index (χ0v) is 15.6. The largest absolute Gasteiger partial charge is 0.344 e. The van der Waals surface area contributed by atoms with E-state index >= 15 is 0 Å². The molecule has 28 heavy (non-hydrogen) atoms. The first kappa shape index (κ1) is 18.3. The Kier molecular flexibility index (Phi) is 4.94. The molecule has 1 N–H and O–H groups in total. The van der Waals surface area contributed by atoms with E-state index in [1.807, 2.05) is 19.1 Å². The molecule has 4 rings (SSSR count).